The third-order valence-electron chi connectivity index (χ3n) is 2.64. The van der Waals surface area contributed by atoms with Crippen LogP contribution < -0.4 is 5.32 Å². The molecule has 1 amide bonds. The minimum Gasteiger partial charge on any atom is -0.368 e. The molecule has 7 heteroatoms. The summed E-state index contributed by atoms with van der Waals surface area (Å²) in [4.78, 5) is 21.7. The standard InChI is InChI=1S/C11H11ClN2O4/c12-8-6-7(14(16)17)3-4-9(8)13-11(15)10-2-1-5-18-10/h3-4,6,10H,1-2,5H2,(H,13,15)/t10-/m0/s1. The van der Waals surface area contributed by atoms with Crippen LogP contribution in [0, 0.1) is 10.1 Å². The molecule has 0 unspecified atom stereocenters. The van der Waals surface area contributed by atoms with Crippen molar-refractivity contribution in [3.8, 4) is 0 Å². The maximum absolute atomic E-state index is 11.8. The highest BCUT2D eigenvalue weighted by atomic mass is 35.5. The van der Waals surface area contributed by atoms with E-state index in [1.54, 1.807) is 0 Å². The Hall–Kier alpha value is -1.66. The van der Waals surface area contributed by atoms with Crippen LogP contribution in [0.15, 0.2) is 18.2 Å². The Morgan fingerprint density at radius 1 is 1.56 bits per heavy atom. The number of nitro groups is 1. The van der Waals surface area contributed by atoms with Crippen molar-refractivity contribution < 1.29 is 14.5 Å². The number of benzene rings is 1. The average Bonchev–Trinajstić information content (AvgIpc) is 2.85. The molecular weight excluding hydrogens is 260 g/mol. The van der Waals surface area contributed by atoms with E-state index in [4.69, 9.17) is 16.3 Å². The maximum Gasteiger partial charge on any atom is 0.271 e. The summed E-state index contributed by atoms with van der Waals surface area (Å²) in [6.45, 7) is 0.575. The van der Waals surface area contributed by atoms with Crippen LogP contribution in [0.2, 0.25) is 5.02 Å². The number of hydrogen-bond acceptors (Lipinski definition) is 4. The van der Waals surface area contributed by atoms with Gasteiger partial charge in [-0.25, -0.2) is 0 Å². The molecule has 0 aliphatic carbocycles. The molecule has 0 aromatic heterocycles. The smallest absolute Gasteiger partial charge is 0.271 e. The number of non-ortho nitro benzene ring substituents is 1. The number of hydrogen-bond donors (Lipinski definition) is 1. The van der Waals surface area contributed by atoms with Gasteiger partial charge in [-0.05, 0) is 18.9 Å². The van der Waals surface area contributed by atoms with Crippen molar-refractivity contribution in [3.63, 3.8) is 0 Å². The number of nitro benzene ring substituents is 1. The van der Waals surface area contributed by atoms with Gasteiger partial charge in [-0.3, -0.25) is 14.9 Å². The summed E-state index contributed by atoms with van der Waals surface area (Å²) < 4.78 is 5.23. The molecule has 0 radical (unpaired) electrons. The van der Waals surface area contributed by atoms with Crippen LogP contribution in [0.5, 0.6) is 0 Å². The first kappa shape index (κ1) is 12.8. The number of ether oxygens (including phenoxy) is 1. The number of nitrogens with zero attached hydrogens (tertiary/aromatic N) is 1. The Bertz CT molecular complexity index is 486. The van der Waals surface area contributed by atoms with Gasteiger partial charge in [0.25, 0.3) is 11.6 Å². The van der Waals surface area contributed by atoms with E-state index in [2.05, 4.69) is 5.32 Å². The van der Waals surface area contributed by atoms with Crippen molar-refractivity contribution in [2.24, 2.45) is 0 Å². The summed E-state index contributed by atoms with van der Waals surface area (Å²) in [5.74, 6) is -0.275. The second-order valence-electron chi connectivity index (χ2n) is 3.91. The van der Waals surface area contributed by atoms with E-state index >= 15 is 0 Å². The molecule has 1 N–H and O–H groups in total. The fraction of sp³-hybridized carbons (Fsp3) is 0.364. The number of rotatable bonds is 3. The van der Waals surface area contributed by atoms with Gasteiger partial charge in [0.2, 0.25) is 0 Å². The van der Waals surface area contributed by atoms with Crippen molar-refractivity contribution in [3.05, 3.63) is 33.3 Å². The molecule has 1 aliphatic rings. The van der Waals surface area contributed by atoms with Gasteiger partial charge in [0.05, 0.1) is 15.6 Å². The third-order valence-corrected chi connectivity index (χ3v) is 2.96. The molecule has 0 saturated carbocycles. The number of halogens is 1. The summed E-state index contributed by atoms with van der Waals surface area (Å²) in [7, 11) is 0. The van der Waals surface area contributed by atoms with E-state index in [0.717, 1.165) is 6.42 Å². The lowest BCUT2D eigenvalue weighted by Crippen LogP contribution is -2.26. The molecule has 1 aromatic carbocycles. The highest BCUT2D eigenvalue weighted by molar-refractivity contribution is 6.34. The van der Waals surface area contributed by atoms with Crippen LogP contribution in [0.4, 0.5) is 11.4 Å². The molecule has 0 bridgehead atoms. The first-order valence-electron chi connectivity index (χ1n) is 5.44. The zero-order valence-electron chi connectivity index (χ0n) is 9.39. The van der Waals surface area contributed by atoms with Gasteiger partial charge in [-0.2, -0.15) is 0 Å². The fourth-order valence-corrected chi connectivity index (χ4v) is 1.94. The van der Waals surface area contributed by atoms with Crippen molar-refractivity contribution in [1.82, 2.24) is 0 Å². The van der Waals surface area contributed by atoms with Crippen molar-refractivity contribution in [2.75, 3.05) is 11.9 Å². The lowest BCUT2D eigenvalue weighted by Gasteiger charge is -2.11. The first-order valence-corrected chi connectivity index (χ1v) is 5.82. The van der Waals surface area contributed by atoms with Crippen molar-refractivity contribution in [1.29, 1.82) is 0 Å². The second kappa shape index (κ2) is 5.32. The Morgan fingerprint density at radius 2 is 2.33 bits per heavy atom. The van der Waals surface area contributed by atoms with Crippen LogP contribution in [-0.2, 0) is 9.53 Å². The van der Waals surface area contributed by atoms with Gasteiger partial charge in [0.1, 0.15) is 6.10 Å². The van der Waals surface area contributed by atoms with Gasteiger partial charge >= 0.3 is 0 Å². The van der Waals surface area contributed by atoms with E-state index in [-0.39, 0.29) is 16.6 Å². The molecule has 0 spiro atoms. The normalized spacial score (nSPS) is 18.6. The van der Waals surface area contributed by atoms with E-state index in [9.17, 15) is 14.9 Å². The Labute approximate surface area is 108 Å². The largest absolute Gasteiger partial charge is 0.368 e. The summed E-state index contributed by atoms with van der Waals surface area (Å²) in [5, 5.41) is 13.3. The molecule has 1 saturated heterocycles. The minimum absolute atomic E-state index is 0.116. The summed E-state index contributed by atoms with van der Waals surface area (Å²) in [6, 6.07) is 3.90. The molecule has 96 valence electrons. The van der Waals surface area contributed by atoms with Crippen LogP contribution in [0.1, 0.15) is 12.8 Å². The SMILES string of the molecule is O=C(Nc1ccc([N+](=O)[O-])cc1Cl)[C@@H]1CCCO1. The topological polar surface area (TPSA) is 81.5 Å². The highest BCUT2D eigenvalue weighted by Gasteiger charge is 2.24. The van der Waals surface area contributed by atoms with Gasteiger partial charge in [-0.1, -0.05) is 11.6 Å². The Balaban J connectivity index is 2.09. The molecule has 1 atom stereocenters. The van der Waals surface area contributed by atoms with E-state index in [1.807, 2.05) is 0 Å². The number of amides is 1. The van der Waals surface area contributed by atoms with Crippen LogP contribution in [0.3, 0.4) is 0 Å². The maximum atomic E-state index is 11.8. The molecule has 1 aromatic rings. The van der Waals surface area contributed by atoms with Crippen LogP contribution >= 0.6 is 11.6 Å². The molecule has 18 heavy (non-hydrogen) atoms. The predicted molar refractivity (Wildman–Crippen MR) is 65.7 cm³/mol. The zero-order valence-corrected chi connectivity index (χ0v) is 10.1. The summed E-state index contributed by atoms with van der Waals surface area (Å²) >= 11 is 5.86. The van der Waals surface area contributed by atoms with Gasteiger partial charge in [0, 0.05) is 18.7 Å². The van der Waals surface area contributed by atoms with Crippen molar-refractivity contribution in [2.45, 2.75) is 18.9 Å². The lowest BCUT2D eigenvalue weighted by molar-refractivity contribution is -0.384. The quantitative estimate of drug-likeness (QED) is 0.675. The molecular formula is C11H11ClN2O4. The molecule has 2 rings (SSSR count). The number of anilines is 1. The third kappa shape index (κ3) is 2.77. The Morgan fingerprint density at radius 3 is 2.89 bits per heavy atom. The number of carbonyl (C=O) groups is 1. The molecule has 6 nitrogen and oxygen atoms in total. The predicted octanol–water partition coefficient (Wildman–Crippen LogP) is 2.37. The van der Waals surface area contributed by atoms with Gasteiger partial charge in [-0.15, -0.1) is 0 Å². The Kier molecular flexibility index (Phi) is 3.78. The van der Waals surface area contributed by atoms with Gasteiger partial charge in [0.15, 0.2) is 0 Å². The highest BCUT2D eigenvalue weighted by Crippen LogP contribution is 2.27. The minimum atomic E-state index is -0.544. The second-order valence-corrected chi connectivity index (χ2v) is 4.32. The van der Waals surface area contributed by atoms with E-state index < -0.39 is 11.0 Å². The molecule has 1 fully saturated rings. The van der Waals surface area contributed by atoms with Gasteiger partial charge < -0.3 is 10.1 Å². The monoisotopic (exact) mass is 270 g/mol. The fourth-order valence-electron chi connectivity index (χ4n) is 1.72. The number of nitrogens with one attached hydrogen (secondary N) is 1. The summed E-state index contributed by atoms with van der Waals surface area (Å²) in [5.41, 5.74) is 0.234. The first-order chi connectivity index (χ1) is 8.58. The van der Waals surface area contributed by atoms with Crippen LogP contribution in [-0.4, -0.2) is 23.5 Å². The lowest BCUT2D eigenvalue weighted by atomic mass is 10.2. The molecule has 1 aliphatic heterocycles. The van der Waals surface area contributed by atoms with Crippen LogP contribution in [0.25, 0.3) is 0 Å². The average molecular weight is 271 g/mol. The zero-order chi connectivity index (χ0) is 13.1. The van der Waals surface area contributed by atoms with E-state index in [0.29, 0.717) is 18.7 Å². The van der Waals surface area contributed by atoms with E-state index in [1.165, 1.54) is 18.2 Å². The summed E-state index contributed by atoms with van der Waals surface area (Å²) in [6.07, 6.45) is 1.07. The van der Waals surface area contributed by atoms with Crippen molar-refractivity contribution >= 4 is 28.9 Å². The molecule has 1 heterocycles. The number of carbonyl (C=O) groups excluding carboxylic acids is 1.